The molecule has 1 heterocycles. The normalized spacial score (nSPS) is 24.8. The van der Waals surface area contributed by atoms with E-state index in [1.54, 1.807) is 22.5 Å². The third kappa shape index (κ3) is 3.21. The van der Waals surface area contributed by atoms with Gasteiger partial charge in [0.1, 0.15) is 0 Å². The van der Waals surface area contributed by atoms with Crippen molar-refractivity contribution in [3.05, 3.63) is 28.2 Å². The number of benzene rings is 1. The van der Waals surface area contributed by atoms with Crippen molar-refractivity contribution in [1.82, 2.24) is 4.31 Å². The maximum Gasteiger partial charge on any atom is 0.244 e. The Labute approximate surface area is 134 Å². The molecule has 0 aliphatic carbocycles. The first-order valence-corrected chi connectivity index (χ1v) is 9.49. The summed E-state index contributed by atoms with van der Waals surface area (Å²) >= 11 is 9.13. The van der Waals surface area contributed by atoms with Gasteiger partial charge in [-0.25, -0.2) is 8.42 Å². The molecule has 2 atom stereocenters. The van der Waals surface area contributed by atoms with Crippen molar-refractivity contribution < 1.29 is 8.42 Å². The molecule has 0 amide bonds. The van der Waals surface area contributed by atoms with Crippen LogP contribution in [0.1, 0.15) is 32.3 Å². The summed E-state index contributed by atoms with van der Waals surface area (Å²) in [5, 5.41) is 0. The number of nitrogens with zero attached hydrogens (tertiary/aromatic N) is 1. The van der Waals surface area contributed by atoms with Gasteiger partial charge in [-0.3, -0.25) is 0 Å². The van der Waals surface area contributed by atoms with Crippen molar-refractivity contribution in [2.75, 3.05) is 6.54 Å². The zero-order chi connectivity index (χ0) is 14.9. The minimum absolute atomic E-state index is 0.0448. The Morgan fingerprint density at radius 2 is 2.10 bits per heavy atom. The summed E-state index contributed by atoms with van der Waals surface area (Å²) in [6, 6.07) is 5.23. The van der Waals surface area contributed by atoms with Gasteiger partial charge in [0.15, 0.2) is 0 Å². The second-order valence-corrected chi connectivity index (χ2v) is 8.47. The second kappa shape index (κ2) is 6.34. The van der Waals surface area contributed by atoms with E-state index in [2.05, 4.69) is 22.9 Å². The Hall–Kier alpha value is -0.100. The highest BCUT2D eigenvalue weighted by Gasteiger charge is 2.34. The van der Waals surface area contributed by atoms with E-state index in [0.29, 0.717) is 27.7 Å². The maximum atomic E-state index is 12.8. The lowest BCUT2D eigenvalue weighted by atomic mass is 9.95. The zero-order valence-corrected chi connectivity index (χ0v) is 14.8. The van der Waals surface area contributed by atoms with Gasteiger partial charge < -0.3 is 0 Å². The van der Waals surface area contributed by atoms with Gasteiger partial charge in [0.05, 0.1) is 4.90 Å². The molecule has 112 valence electrons. The number of alkyl halides is 1. The van der Waals surface area contributed by atoms with E-state index >= 15 is 0 Å². The van der Waals surface area contributed by atoms with E-state index in [1.165, 1.54) is 0 Å². The average Bonchev–Trinajstić information content (AvgIpc) is 2.37. The highest BCUT2D eigenvalue weighted by Crippen LogP contribution is 2.32. The van der Waals surface area contributed by atoms with Gasteiger partial charge in [-0.1, -0.05) is 13.0 Å². The van der Waals surface area contributed by atoms with Crippen molar-refractivity contribution in [3.8, 4) is 0 Å². The summed E-state index contributed by atoms with van der Waals surface area (Å²) in [5.41, 5.74) is 0.901. The average molecular weight is 381 g/mol. The Morgan fingerprint density at radius 1 is 1.40 bits per heavy atom. The lowest BCUT2D eigenvalue weighted by Gasteiger charge is -2.35. The van der Waals surface area contributed by atoms with Crippen LogP contribution in [0.15, 0.2) is 27.6 Å². The lowest BCUT2D eigenvalue weighted by molar-refractivity contribution is 0.220. The van der Waals surface area contributed by atoms with Crippen LogP contribution < -0.4 is 0 Å². The molecule has 2 unspecified atom stereocenters. The topological polar surface area (TPSA) is 37.4 Å². The smallest absolute Gasteiger partial charge is 0.207 e. The van der Waals surface area contributed by atoms with Gasteiger partial charge in [0.25, 0.3) is 0 Å². The summed E-state index contributed by atoms with van der Waals surface area (Å²) in [5.74, 6) is 0.954. The monoisotopic (exact) mass is 379 g/mol. The van der Waals surface area contributed by atoms with E-state index in [4.69, 9.17) is 11.6 Å². The fourth-order valence-corrected chi connectivity index (χ4v) is 5.62. The Bertz CT molecular complexity index is 591. The molecule has 1 aliphatic rings. The molecule has 0 radical (unpaired) electrons. The fourth-order valence-electron chi connectivity index (χ4n) is 2.71. The van der Waals surface area contributed by atoms with Crippen LogP contribution in [0.4, 0.5) is 0 Å². The molecule has 6 heteroatoms. The quantitative estimate of drug-likeness (QED) is 0.743. The van der Waals surface area contributed by atoms with Gasteiger partial charge in [-0.15, -0.1) is 11.6 Å². The van der Waals surface area contributed by atoms with Crippen LogP contribution in [-0.4, -0.2) is 25.3 Å². The van der Waals surface area contributed by atoms with E-state index in [0.717, 1.165) is 18.4 Å². The van der Waals surface area contributed by atoms with Gasteiger partial charge in [0.2, 0.25) is 10.0 Å². The third-order valence-electron chi connectivity index (χ3n) is 3.81. The Kier molecular flexibility index (Phi) is 5.16. The van der Waals surface area contributed by atoms with E-state index in [9.17, 15) is 8.42 Å². The van der Waals surface area contributed by atoms with Crippen LogP contribution in [0, 0.1) is 5.92 Å². The summed E-state index contributed by atoms with van der Waals surface area (Å²) in [4.78, 5) is 0.327. The van der Waals surface area contributed by atoms with E-state index in [-0.39, 0.29) is 6.04 Å². The fraction of sp³-hybridized carbons (Fsp3) is 0.571. The molecule has 2 rings (SSSR count). The Balaban J connectivity index is 2.35. The predicted octanol–water partition coefficient (Wildman–Crippen LogP) is 4.00. The van der Waals surface area contributed by atoms with E-state index < -0.39 is 10.0 Å². The van der Waals surface area contributed by atoms with Gasteiger partial charge in [-0.05, 0) is 59.3 Å². The van der Waals surface area contributed by atoms with Gasteiger partial charge in [-0.2, -0.15) is 4.31 Å². The molecule has 0 saturated carbocycles. The zero-order valence-electron chi connectivity index (χ0n) is 11.6. The largest absolute Gasteiger partial charge is 0.244 e. The second-order valence-electron chi connectivity index (χ2n) is 5.49. The van der Waals surface area contributed by atoms with Crippen LogP contribution in [-0.2, 0) is 15.9 Å². The molecular weight excluding hydrogens is 362 g/mol. The number of rotatable bonds is 3. The molecule has 0 N–H and O–H groups in total. The van der Waals surface area contributed by atoms with Crippen molar-refractivity contribution >= 4 is 37.6 Å². The number of halogens is 2. The molecule has 20 heavy (non-hydrogen) atoms. The molecular formula is C14H19BrClNO2S. The highest BCUT2D eigenvalue weighted by molar-refractivity contribution is 9.10. The molecule has 0 bridgehead atoms. The molecule has 3 nitrogen and oxygen atoms in total. The van der Waals surface area contributed by atoms with Crippen molar-refractivity contribution in [1.29, 1.82) is 0 Å². The first-order chi connectivity index (χ1) is 9.36. The van der Waals surface area contributed by atoms with E-state index in [1.807, 2.05) is 6.92 Å². The number of hydrogen-bond donors (Lipinski definition) is 0. The standard InChI is InChI=1S/C14H19BrClNO2S/c1-10-5-6-17(11(2)7-10)20(18,19)14-4-3-12(9-16)8-13(14)15/h3-4,8,10-11H,5-7,9H2,1-2H3. The molecule has 1 aliphatic heterocycles. The number of piperidine rings is 1. The summed E-state index contributed by atoms with van der Waals surface area (Å²) < 4.78 is 27.8. The minimum Gasteiger partial charge on any atom is -0.207 e. The predicted molar refractivity (Wildman–Crippen MR) is 85.5 cm³/mol. The minimum atomic E-state index is -3.45. The van der Waals surface area contributed by atoms with Crippen LogP contribution in [0.25, 0.3) is 0 Å². The van der Waals surface area contributed by atoms with Crippen molar-refractivity contribution in [2.45, 2.75) is 43.5 Å². The van der Waals surface area contributed by atoms with Crippen molar-refractivity contribution in [3.63, 3.8) is 0 Å². The van der Waals surface area contributed by atoms with Gasteiger partial charge >= 0.3 is 0 Å². The number of hydrogen-bond acceptors (Lipinski definition) is 2. The van der Waals surface area contributed by atoms with Gasteiger partial charge in [0, 0.05) is 22.9 Å². The molecule has 1 aromatic rings. The first kappa shape index (κ1) is 16.3. The van der Waals surface area contributed by atoms with Crippen molar-refractivity contribution in [2.24, 2.45) is 5.92 Å². The summed E-state index contributed by atoms with van der Waals surface area (Å²) in [7, 11) is -3.45. The SMILES string of the molecule is CC1CCN(S(=O)(=O)c2ccc(CCl)cc2Br)C(C)C1. The van der Waals surface area contributed by atoms with Crippen LogP contribution in [0.2, 0.25) is 0 Å². The molecule has 1 fully saturated rings. The molecule has 1 saturated heterocycles. The summed E-state index contributed by atoms with van der Waals surface area (Å²) in [6.45, 7) is 4.74. The molecule has 1 aromatic carbocycles. The third-order valence-corrected chi connectivity index (χ3v) is 7.11. The highest BCUT2D eigenvalue weighted by atomic mass is 79.9. The lowest BCUT2D eigenvalue weighted by Crippen LogP contribution is -2.44. The van der Waals surface area contributed by atoms with Crippen LogP contribution in [0.3, 0.4) is 0 Å². The summed E-state index contributed by atoms with van der Waals surface area (Å²) in [6.07, 6.45) is 1.83. The first-order valence-electron chi connectivity index (χ1n) is 6.72. The molecule has 0 aromatic heterocycles. The Morgan fingerprint density at radius 3 is 2.65 bits per heavy atom. The molecule has 0 spiro atoms. The maximum absolute atomic E-state index is 12.8. The van der Waals surface area contributed by atoms with Crippen LogP contribution >= 0.6 is 27.5 Å². The van der Waals surface area contributed by atoms with Crippen LogP contribution in [0.5, 0.6) is 0 Å². The number of sulfonamides is 1.